The van der Waals surface area contributed by atoms with E-state index in [1.54, 1.807) is 0 Å². The Morgan fingerprint density at radius 1 is 1.10 bits per heavy atom. The monoisotopic (exact) mass is 294 g/mol. The van der Waals surface area contributed by atoms with Crippen molar-refractivity contribution in [3.05, 3.63) is 0 Å². The second-order valence-electron chi connectivity index (χ2n) is 5.26. The van der Waals surface area contributed by atoms with Crippen LogP contribution in [0.4, 0.5) is 11.9 Å². The van der Waals surface area contributed by atoms with Gasteiger partial charge in [0.15, 0.2) is 0 Å². The molecular weight excluding hydrogens is 268 g/mol. The first-order valence-corrected chi connectivity index (χ1v) is 7.79. The van der Waals surface area contributed by atoms with Crippen LogP contribution in [0.25, 0.3) is 0 Å². The first-order chi connectivity index (χ1) is 10.2. The molecule has 0 amide bonds. The van der Waals surface area contributed by atoms with Crippen molar-refractivity contribution >= 4 is 11.9 Å². The van der Waals surface area contributed by atoms with Gasteiger partial charge in [-0.05, 0) is 33.2 Å². The summed E-state index contributed by atoms with van der Waals surface area (Å²) in [7, 11) is 2.16. The Morgan fingerprint density at radius 3 is 2.33 bits per heavy atom. The molecule has 0 unspecified atom stereocenters. The highest BCUT2D eigenvalue weighted by atomic mass is 16.5. The van der Waals surface area contributed by atoms with Crippen LogP contribution in [0.3, 0.4) is 0 Å². The summed E-state index contributed by atoms with van der Waals surface area (Å²) in [6.07, 6.45) is 3.66. The van der Waals surface area contributed by atoms with Crippen molar-refractivity contribution in [1.29, 1.82) is 0 Å². The van der Waals surface area contributed by atoms with Crippen molar-refractivity contribution in [2.24, 2.45) is 0 Å². The van der Waals surface area contributed by atoms with Gasteiger partial charge >= 0.3 is 6.01 Å². The van der Waals surface area contributed by atoms with Crippen molar-refractivity contribution in [2.45, 2.75) is 39.2 Å². The van der Waals surface area contributed by atoms with E-state index in [1.807, 2.05) is 6.92 Å². The lowest BCUT2D eigenvalue weighted by Crippen LogP contribution is -2.27. The standard InChI is InChI=1S/C14H26N6O/c1-4-8-15-12-17-13(19-14(18-12)21-5-2)16-9-10-20(3)11-6-7-11/h11H,4-10H2,1-3H3,(H2,15,16,17,18,19). The third-order valence-electron chi connectivity index (χ3n) is 3.34. The zero-order chi connectivity index (χ0) is 15.1. The molecule has 21 heavy (non-hydrogen) atoms. The van der Waals surface area contributed by atoms with Crippen molar-refractivity contribution in [3.8, 4) is 6.01 Å². The van der Waals surface area contributed by atoms with E-state index in [1.165, 1.54) is 12.8 Å². The van der Waals surface area contributed by atoms with Gasteiger partial charge in [0.25, 0.3) is 0 Å². The van der Waals surface area contributed by atoms with Crippen LogP contribution in [0.2, 0.25) is 0 Å². The van der Waals surface area contributed by atoms with E-state index in [-0.39, 0.29) is 0 Å². The van der Waals surface area contributed by atoms with Gasteiger partial charge in [-0.1, -0.05) is 6.92 Å². The summed E-state index contributed by atoms with van der Waals surface area (Å²) < 4.78 is 5.39. The van der Waals surface area contributed by atoms with Crippen LogP contribution in [0.15, 0.2) is 0 Å². The number of aromatic nitrogens is 3. The Balaban J connectivity index is 1.90. The molecular formula is C14H26N6O. The number of likely N-dealkylation sites (N-methyl/N-ethyl adjacent to an activating group) is 1. The predicted octanol–water partition coefficient (Wildman–Crippen LogP) is 1.60. The smallest absolute Gasteiger partial charge is 0.323 e. The highest BCUT2D eigenvalue weighted by molar-refractivity contribution is 5.35. The van der Waals surface area contributed by atoms with Crippen LogP contribution >= 0.6 is 0 Å². The molecule has 0 atom stereocenters. The van der Waals surface area contributed by atoms with Gasteiger partial charge in [0.2, 0.25) is 11.9 Å². The van der Waals surface area contributed by atoms with Gasteiger partial charge in [-0.25, -0.2) is 0 Å². The van der Waals surface area contributed by atoms with E-state index in [9.17, 15) is 0 Å². The lowest BCUT2D eigenvalue weighted by atomic mass is 10.5. The van der Waals surface area contributed by atoms with Gasteiger partial charge in [0.1, 0.15) is 0 Å². The minimum atomic E-state index is 0.365. The fraction of sp³-hybridized carbons (Fsp3) is 0.786. The fourth-order valence-corrected chi connectivity index (χ4v) is 1.99. The van der Waals surface area contributed by atoms with Crippen LogP contribution in [0, 0.1) is 0 Å². The number of nitrogens with zero attached hydrogens (tertiary/aromatic N) is 4. The number of ether oxygens (including phenoxy) is 1. The van der Waals surface area contributed by atoms with Crippen molar-refractivity contribution in [3.63, 3.8) is 0 Å². The molecule has 1 aromatic heterocycles. The maximum Gasteiger partial charge on any atom is 0.323 e. The van der Waals surface area contributed by atoms with E-state index in [0.717, 1.165) is 32.1 Å². The molecule has 1 aromatic rings. The molecule has 0 bridgehead atoms. The summed E-state index contributed by atoms with van der Waals surface area (Å²) in [6.45, 7) is 7.19. The first-order valence-electron chi connectivity index (χ1n) is 7.79. The molecule has 0 saturated heterocycles. The average Bonchev–Trinajstić information content (AvgIpc) is 3.30. The van der Waals surface area contributed by atoms with Gasteiger partial charge in [-0.3, -0.25) is 0 Å². The third-order valence-corrected chi connectivity index (χ3v) is 3.34. The van der Waals surface area contributed by atoms with Crippen molar-refractivity contribution in [2.75, 3.05) is 43.9 Å². The summed E-state index contributed by atoms with van der Waals surface area (Å²) in [5.41, 5.74) is 0. The highest BCUT2D eigenvalue weighted by Crippen LogP contribution is 2.24. The molecule has 1 fully saturated rings. The maximum absolute atomic E-state index is 5.39. The van der Waals surface area contributed by atoms with E-state index >= 15 is 0 Å². The van der Waals surface area contributed by atoms with Crippen LogP contribution in [-0.2, 0) is 0 Å². The molecule has 2 rings (SSSR count). The molecule has 1 aliphatic carbocycles. The van der Waals surface area contributed by atoms with Gasteiger partial charge in [-0.2, -0.15) is 15.0 Å². The largest absolute Gasteiger partial charge is 0.464 e. The van der Waals surface area contributed by atoms with Crippen LogP contribution in [0.1, 0.15) is 33.1 Å². The van der Waals surface area contributed by atoms with Gasteiger partial charge in [0.05, 0.1) is 6.61 Å². The number of nitrogens with one attached hydrogen (secondary N) is 2. The van der Waals surface area contributed by atoms with Crippen molar-refractivity contribution < 1.29 is 4.74 Å². The van der Waals surface area contributed by atoms with Crippen LogP contribution in [-0.4, -0.2) is 59.2 Å². The Bertz CT molecular complexity index is 437. The summed E-state index contributed by atoms with van der Waals surface area (Å²) in [6, 6.07) is 1.13. The molecule has 118 valence electrons. The fourth-order valence-electron chi connectivity index (χ4n) is 1.99. The van der Waals surface area contributed by atoms with Crippen molar-refractivity contribution in [1.82, 2.24) is 19.9 Å². The topological polar surface area (TPSA) is 75.2 Å². The van der Waals surface area contributed by atoms with Crippen LogP contribution in [0.5, 0.6) is 6.01 Å². The Labute approximate surface area is 126 Å². The number of hydrogen-bond donors (Lipinski definition) is 2. The third kappa shape index (κ3) is 5.34. The molecule has 7 nitrogen and oxygen atoms in total. The number of rotatable bonds is 10. The van der Waals surface area contributed by atoms with E-state index in [4.69, 9.17) is 4.74 Å². The predicted molar refractivity (Wildman–Crippen MR) is 83.9 cm³/mol. The molecule has 1 heterocycles. The number of anilines is 2. The minimum Gasteiger partial charge on any atom is -0.464 e. The molecule has 0 radical (unpaired) electrons. The first kappa shape index (κ1) is 15.8. The van der Waals surface area contributed by atoms with Gasteiger partial charge < -0.3 is 20.3 Å². The zero-order valence-corrected chi connectivity index (χ0v) is 13.2. The molecule has 1 saturated carbocycles. The van der Waals surface area contributed by atoms with Gasteiger partial charge in [-0.15, -0.1) is 0 Å². The molecule has 0 aliphatic heterocycles. The summed E-state index contributed by atoms with van der Waals surface area (Å²) >= 11 is 0. The van der Waals surface area contributed by atoms with E-state index in [2.05, 4.69) is 44.5 Å². The normalized spacial score (nSPS) is 14.3. The second-order valence-corrected chi connectivity index (χ2v) is 5.26. The Kier molecular flexibility index (Phi) is 5.98. The highest BCUT2D eigenvalue weighted by Gasteiger charge is 2.25. The van der Waals surface area contributed by atoms with E-state index < -0.39 is 0 Å². The lowest BCUT2D eigenvalue weighted by molar-refractivity contribution is 0.312. The van der Waals surface area contributed by atoms with Crippen LogP contribution < -0.4 is 15.4 Å². The number of hydrogen-bond acceptors (Lipinski definition) is 7. The molecule has 7 heteroatoms. The Morgan fingerprint density at radius 2 is 1.76 bits per heavy atom. The summed E-state index contributed by atoms with van der Waals surface area (Å²) in [5.74, 6) is 1.13. The summed E-state index contributed by atoms with van der Waals surface area (Å²) in [5, 5.41) is 6.42. The molecule has 0 aromatic carbocycles. The SMILES string of the molecule is CCCNc1nc(NCCN(C)C2CC2)nc(OCC)n1. The molecule has 1 aliphatic rings. The lowest BCUT2D eigenvalue weighted by Gasteiger charge is -2.16. The minimum absolute atomic E-state index is 0.365. The Hall–Kier alpha value is -1.63. The summed E-state index contributed by atoms with van der Waals surface area (Å²) in [4.78, 5) is 15.2. The van der Waals surface area contributed by atoms with Gasteiger partial charge in [0, 0.05) is 25.7 Å². The molecule has 0 spiro atoms. The quantitative estimate of drug-likeness (QED) is 0.679. The maximum atomic E-state index is 5.39. The molecule has 2 N–H and O–H groups in total. The zero-order valence-electron chi connectivity index (χ0n) is 13.2. The van der Waals surface area contributed by atoms with E-state index in [0.29, 0.717) is 24.5 Å². The second kappa shape index (κ2) is 7.97. The average molecular weight is 294 g/mol.